The standard InChI is InChI=1S/C13H22N2OS/c1-12(2,10-6-5-7-17-10)9-15-11(16)8-13(3,4)14/h5-7H,8-9,14H2,1-4H3,(H,15,16). The van der Waals surface area contributed by atoms with Gasteiger partial charge in [-0.3, -0.25) is 4.79 Å². The monoisotopic (exact) mass is 254 g/mol. The molecule has 0 aliphatic heterocycles. The summed E-state index contributed by atoms with van der Waals surface area (Å²) in [7, 11) is 0. The van der Waals surface area contributed by atoms with Crippen LogP contribution in [-0.4, -0.2) is 18.0 Å². The zero-order valence-corrected chi connectivity index (χ0v) is 11.9. The fraction of sp³-hybridized carbons (Fsp3) is 0.615. The second-order valence-electron chi connectivity index (χ2n) is 5.80. The minimum absolute atomic E-state index is 0.0159. The van der Waals surface area contributed by atoms with Crippen LogP contribution in [0.3, 0.4) is 0 Å². The lowest BCUT2D eigenvalue weighted by Crippen LogP contribution is -2.42. The van der Waals surface area contributed by atoms with E-state index in [0.29, 0.717) is 13.0 Å². The summed E-state index contributed by atoms with van der Waals surface area (Å²) < 4.78 is 0. The molecule has 0 spiro atoms. The van der Waals surface area contributed by atoms with Crippen LogP contribution in [0, 0.1) is 0 Å². The van der Waals surface area contributed by atoms with Crippen molar-refractivity contribution in [1.29, 1.82) is 0 Å². The largest absolute Gasteiger partial charge is 0.355 e. The number of hydrogen-bond donors (Lipinski definition) is 2. The molecule has 3 nitrogen and oxygen atoms in total. The Bertz CT molecular complexity index is 363. The van der Waals surface area contributed by atoms with E-state index in [9.17, 15) is 4.79 Å². The van der Waals surface area contributed by atoms with Gasteiger partial charge in [-0.15, -0.1) is 11.3 Å². The molecule has 0 radical (unpaired) electrons. The fourth-order valence-electron chi connectivity index (χ4n) is 1.55. The van der Waals surface area contributed by atoms with E-state index in [1.807, 2.05) is 19.9 Å². The third-order valence-corrected chi connectivity index (χ3v) is 3.77. The van der Waals surface area contributed by atoms with Crippen molar-refractivity contribution in [1.82, 2.24) is 5.32 Å². The van der Waals surface area contributed by atoms with E-state index >= 15 is 0 Å². The van der Waals surface area contributed by atoms with Crippen LogP contribution in [0.15, 0.2) is 17.5 Å². The molecule has 0 unspecified atom stereocenters. The Labute approximate surface area is 107 Å². The number of hydrogen-bond acceptors (Lipinski definition) is 3. The van der Waals surface area contributed by atoms with E-state index in [0.717, 1.165) is 0 Å². The first-order chi connectivity index (χ1) is 7.71. The summed E-state index contributed by atoms with van der Waals surface area (Å²) in [5.41, 5.74) is 5.34. The van der Waals surface area contributed by atoms with Crippen molar-refractivity contribution < 1.29 is 4.79 Å². The summed E-state index contributed by atoms with van der Waals surface area (Å²) in [6, 6.07) is 4.14. The zero-order valence-electron chi connectivity index (χ0n) is 11.0. The van der Waals surface area contributed by atoms with Crippen LogP contribution in [0.25, 0.3) is 0 Å². The van der Waals surface area contributed by atoms with Gasteiger partial charge in [0, 0.05) is 28.8 Å². The van der Waals surface area contributed by atoms with E-state index in [-0.39, 0.29) is 11.3 Å². The normalized spacial score (nSPS) is 12.5. The Kier molecular flexibility index (Phi) is 4.33. The predicted molar refractivity (Wildman–Crippen MR) is 73.2 cm³/mol. The molecule has 1 amide bonds. The molecule has 1 aromatic rings. The van der Waals surface area contributed by atoms with Gasteiger partial charge in [-0.2, -0.15) is 0 Å². The summed E-state index contributed by atoms with van der Waals surface area (Å²) in [6.45, 7) is 8.62. The minimum Gasteiger partial charge on any atom is -0.355 e. The molecule has 1 rings (SSSR count). The molecule has 0 aliphatic rings. The topological polar surface area (TPSA) is 55.1 Å². The van der Waals surface area contributed by atoms with E-state index in [1.165, 1.54) is 4.88 Å². The third-order valence-electron chi connectivity index (χ3n) is 2.53. The first-order valence-electron chi connectivity index (χ1n) is 5.80. The number of amides is 1. The van der Waals surface area contributed by atoms with Crippen LogP contribution in [0.1, 0.15) is 39.0 Å². The first-order valence-corrected chi connectivity index (χ1v) is 6.68. The van der Waals surface area contributed by atoms with Gasteiger partial charge in [0.25, 0.3) is 0 Å². The molecule has 1 heterocycles. The molecule has 0 aliphatic carbocycles. The average Bonchev–Trinajstić information content (AvgIpc) is 2.65. The van der Waals surface area contributed by atoms with Gasteiger partial charge in [0.1, 0.15) is 0 Å². The van der Waals surface area contributed by atoms with Gasteiger partial charge >= 0.3 is 0 Å². The lowest BCUT2D eigenvalue weighted by molar-refractivity contribution is -0.122. The molecule has 0 atom stereocenters. The fourth-order valence-corrected chi connectivity index (χ4v) is 2.40. The van der Waals surface area contributed by atoms with Crippen molar-refractivity contribution in [2.45, 2.75) is 45.1 Å². The number of nitrogens with one attached hydrogen (secondary N) is 1. The molecule has 17 heavy (non-hydrogen) atoms. The highest BCUT2D eigenvalue weighted by Crippen LogP contribution is 2.26. The smallest absolute Gasteiger partial charge is 0.221 e. The highest BCUT2D eigenvalue weighted by molar-refractivity contribution is 7.10. The predicted octanol–water partition coefficient (Wildman–Crippen LogP) is 2.27. The quantitative estimate of drug-likeness (QED) is 0.847. The molecule has 1 aromatic heterocycles. The molecule has 4 heteroatoms. The minimum atomic E-state index is -0.447. The molecule has 96 valence electrons. The number of rotatable bonds is 5. The van der Waals surface area contributed by atoms with Gasteiger partial charge in [-0.05, 0) is 25.3 Å². The Morgan fingerprint density at radius 2 is 2.06 bits per heavy atom. The van der Waals surface area contributed by atoms with E-state index in [1.54, 1.807) is 11.3 Å². The summed E-state index contributed by atoms with van der Waals surface area (Å²) >= 11 is 1.72. The Morgan fingerprint density at radius 1 is 1.41 bits per heavy atom. The van der Waals surface area contributed by atoms with Crippen LogP contribution in [0.2, 0.25) is 0 Å². The summed E-state index contributed by atoms with van der Waals surface area (Å²) in [5.74, 6) is 0.0159. The Balaban J connectivity index is 2.48. The molecular weight excluding hydrogens is 232 g/mol. The number of carbonyl (C=O) groups is 1. The molecule has 0 saturated heterocycles. The lowest BCUT2D eigenvalue weighted by Gasteiger charge is -2.25. The van der Waals surface area contributed by atoms with Gasteiger partial charge < -0.3 is 11.1 Å². The maximum Gasteiger partial charge on any atom is 0.221 e. The van der Waals surface area contributed by atoms with Gasteiger partial charge in [0.05, 0.1) is 0 Å². The zero-order chi connectivity index (χ0) is 13.1. The first kappa shape index (κ1) is 14.2. The van der Waals surface area contributed by atoms with Gasteiger partial charge in [0.15, 0.2) is 0 Å². The van der Waals surface area contributed by atoms with Crippen molar-refractivity contribution in [3.8, 4) is 0 Å². The third kappa shape index (κ3) is 4.88. The van der Waals surface area contributed by atoms with Crippen molar-refractivity contribution >= 4 is 17.2 Å². The number of carbonyl (C=O) groups excluding carboxylic acids is 1. The molecule has 0 aromatic carbocycles. The van der Waals surface area contributed by atoms with Crippen LogP contribution in [-0.2, 0) is 10.2 Å². The number of thiophene rings is 1. The molecule has 0 bridgehead atoms. The van der Waals surface area contributed by atoms with E-state index in [2.05, 4.69) is 30.6 Å². The van der Waals surface area contributed by atoms with Gasteiger partial charge in [-0.25, -0.2) is 0 Å². The van der Waals surface area contributed by atoms with Crippen molar-refractivity contribution in [2.75, 3.05) is 6.54 Å². The second kappa shape index (κ2) is 5.19. The van der Waals surface area contributed by atoms with Gasteiger partial charge in [0.2, 0.25) is 5.91 Å². The van der Waals surface area contributed by atoms with E-state index in [4.69, 9.17) is 5.73 Å². The maximum absolute atomic E-state index is 11.7. The van der Waals surface area contributed by atoms with Gasteiger partial charge in [-0.1, -0.05) is 19.9 Å². The van der Waals surface area contributed by atoms with Crippen LogP contribution in [0.4, 0.5) is 0 Å². The molecule has 0 saturated carbocycles. The molecule has 3 N–H and O–H groups in total. The van der Waals surface area contributed by atoms with Crippen LogP contribution >= 0.6 is 11.3 Å². The molecular formula is C13H22N2OS. The highest BCUT2D eigenvalue weighted by Gasteiger charge is 2.23. The van der Waals surface area contributed by atoms with Crippen molar-refractivity contribution in [3.05, 3.63) is 22.4 Å². The van der Waals surface area contributed by atoms with Crippen molar-refractivity contribution in [3.63, 3.8) is 0 Å². The Morgan fingerprint density at radius 3 is 2.53 bits per heavy atom. The summed E-state index contributed by atoms with van der Waals surface area (Å²) in [4.78, 5) is 13.0. The summed E-state index contributed by atoms with van der Waals surface area (Å²) in [6.07, 6.45) is 0.355. The summed E-state index contributed by atoms with van der Waals surface area (Å²) in [5, 5.41) is 5.01. The average molecular weight is 254 g/mol. The van der Waals surface area contributed by atoms with Crippen LogP contribution < -0.4 is 11.1 Å². The number of nitrogens with two attached hydrogens (primary N) is 1. The Hall–Kier alpha value is -0.870. The van der Waals surface area contributed by atoms with Crippen molar-refractivity contribution in [2.24, 2.45) is 5.73 Å². The maximum atomic E-state index is 11.7. The van der Waals surface area contributed by atoms with E-state index < -0.39 is 5.54 Å². The lowest BCUT2D eigenvalue weighted by atomic mass is 9.91. The SMILES string of the molecule is CC(C)(N)CC(=O)NCC(C)(C)c1cccs1. The second-order valence-corrected chi connectivity index (χ2v) is 6.75. The highest BCUT2D eigenvalue weighted by atomic mass is 32.1. The van der Waals surface area contributed by atoms with Crippen LogP contribution in [0.5, 0.6) is 0 Å². The molecule has 0 fully saturated rings.